The standard InChI is InChI=1S/C32H32FN3O4/c33-25-10-8-23(9-11-25)24-14-16-35(17-15-24)18-21-4-6-22(7-5-21)20-40-29-3-1-2-26-27(29)19-36(32(26)39)28-12-13-30(37)34-31(28)38/h1-11,24,28H,12-20H2,(H,34,37,38)/t28-/m0/s1. The molecule has 0 spiro atoms. The Hall–Kier alpha value is -4.04. The van der Waals surface area contributed by atoms with E-state index >= 15 is 0 Å². The van der Waals surface area contributed by atoms with Crippen LogP contribution in [0.25, 0.3) is 0 Å². The second kappa shape index (κ2) is 11.2. The molecule has 3 heterocycles. The number of amides is 3. The molecule has 0 saturated carbocycles. The number of hydrogen-bond acceptors (Lipinski definition) is 5. The van der Waals surface area contributed by atoms with Crippen LogP contribution in [0, 0.1) is 5.82 Å². The van der Waals surface area contributed by atoms with Crippen molar-refractivity contribution in [3.63, 3.8) is 0 Å². The summed E-state index contributed by atoms with van der Waals surface area (Å²) < 4.78 is 19.4. The number of nitrogens with one attached hydrogen (secondary N) is 1. The third kappa shape index (κ3) is 5.49. The molecule has 7 nitrogen and oxygen atoms in total. The lowest BCUT2D eigenvalue weighted by atomic mass is 9.89. The van der Waals surface area contributed by atoms with Crippen molar-refractivity contribution >= 4 is 17.7 Å². The summed E-state index contributed by atoms with van der Waals surface area (Å²) in [6, 6.07) is 20.1. The summed E-state index contributed by atoms with van der Waals surface area (Å²) in [7, 11) is 0. The molecule has 3 aromatic rings. The van der Waals surface area contributed by atoms with Crippen LogP contribution in [0.1, 0.15) is 64.2 Å². The van der Waals surface area contributed by atoms with E-state index < -0.39 is 11.9 Å². The number of likely N-dealkylation sites (tertiary alicyclic amines) is 1. The first kappa shape index (κ1) is 26.2. The van der Waals surface area contributed by atoms with Crippen molar-refractivity contribution in [2.24, 2.45) is 0 Å². The Balaban J connectivity index is 1.03. The molecule has 0 bridgehead atoms. The zero-order valence-electron chi connectivity index (χ0n) is 22.3. The third-order valence-corrected chi connectivity index (χ3v) is 8.29. The first-order valence-electron chi connectivity index (χ1n) is 13.9. The molecule has 40 heavy (non-hydrogen) atoms. The van der Waals surface area contributed by atoms with Crippen molar-refractivity contribution in [1.29, 1.82) is 0 Å². The van der Waals surface area contributed by atoms with Crippen LogP contribution in [0.5, 0.6) is 5.75 Å². The SMILES string of the molecule is O=C1CC[C@H](N2Cc3c(OCc4ccc(CN5CCC(c6ccc(F)cc6)CC5)cc4)cccc3C2=O)C(=O)N1. The van der Waals surface area contributed by atoms with Gasteiger partial charge < -0.3 is 9.64 Å². The number of ether oxygens (including phenoxy) is 1. The quantitative estimate of drug-likeness (QED) is 0.444. The second-order valence-corrected chi connectivity index (χ2v) is 10.9. The zero-order valence-corrected chi connectivity index (χ0v) is 22.3. The van der Waals surface area contributed by atoms with Crippen molar-refractivity contribution in [1.82, 2.24) is 15.1 Å². The van der Waals surface area contributed by atoms with Crippen molar-refractivity contribution in [2.75, 3.05) is 13.1 Å². The fourth-order valence-electron chi connectivity index (χ4n) is 6.01. The van der Waals surface area contributed by atoms with Gasteiger partial charge in [-0.05, 0) is 79.2 Å². The minimum absolute atomic E-state index is 0.186. The molecule has 6 rings (SSSR count). The topological polar surface area (TPSA) is 79.0 Å². The normalized spacial score (nSPS) is 20.0. The van der Waals surface area contributed by atoms with E-state index in [0.29, 0.717) is 30.3 Å². The summed E-state index contributed by atoms with van der Waals surface area (Å²) in [5.74, 6) is 0.00952. The average Bonchev–Trinajstić information content (AvgIpc) is 3.30. The molecule has 3 aliphatic rings. The van der Waals surface area contributed by atoms with E-state index in [-0.39, 0.29) is 30.6 Å². The van der Waals surface area contributed by atoms with Crippen LogP contribution >= 0.6 is 0 Å². The van der Waals surface area contributed by atoms with Crippen LogP contribution in [0.3, 0.4) is 0 Å². The Bertz CT molecular complexity index is 1420. The number of fused-ring (bicyclic) bond motifs is 1. The number of hydrogen-bond donors (Lipinski definition) is 1. The molecule has 0 radical (unpaired) electrons. The predicted octanol–water partition coefficient (Wildman–Crippen LogP) is 4.55. The smallest absolute Gasteiger partial charge is 0.255 e. The monoisotopic (exact) mass is 541 g/mol. The maximum Gasteiger partial charge on any atom is 0.255 e. The van der Waals surface area contributed by atoms with Gasteiger partial charge in [0.25, 0.3) is 5.91 Å². The van der Waals surface area contributed by atoms with Crippen LogP contribution in [-0.2, 0) is 29.3 Å². The van der Waals surface area contributed by atoms with E-state index in [0.717, 1.165) is 43.6 Å². The highest BCUT2D eigenvalue weighted by molar-refractivity contribution is 6.05. The molecule has 1 atom stereocenters. The molecular weight excluding hydrogens is 509 g/mol. The number of halogens is 1. The summed E-state index contributed by atoms with van der Waals surface area (Å²) in [5, 5.41) is 2.34. The maximum absolute atomic E-state index is 13.2. The summed E-state index contributed by atoms with van der Waals surface area (Å²) >= 11 is 0. The zero-order chi connectivity index (χ0) is 27.6. The van der Waals surface area contributed by atoms with Crippen molar-refractivity contribution < 1.29 is 23.5 Å². The van der Waals surface area contributed by atoms with Gasteiger partial charge in [0.05, 0.1) is 6.54 Å². The molecule has 0 aliphatic carbocycles. The Morgan fingerprint density at radius 1 is 0.875 bits per heavy atom. The van der Waals surface area contributed by atoms with Gasteiger partial charge in [0, 0.05) is 24.1 Å². The Morgan fingerprint density at radius 2 is 1.60 bits per heavy atom. The summed E-state index contributed by atoms with van der Waals surface area (Å²) in [6.07, 6.45) is 2.70. The number of nitrogens with zero attached hydrogens (tertiary/aromatic N) is 2. The third-order valence-electron chi connectivity index (χ3n) is 8.29. The van der Waals surface area contributed by atoms with Gasteiger partial charge in [-0.15, -0.1) is 0 Å². The molecule has 206 valence electrons. The molecule has 0 aromatic heterocycles. The van der Waals surface area contributed by atoms with E-state index in [2.05, 4.69) is 34.5 Å². The van der Waals surface area contributed by atoms with Crippen LogP contribution < -0.4 is 10.1 Å². The van der Waals surface area contributed by atoms with E-state index in [9.17, 15) is 18.8 Å². The molecule has 3 aromatic carbocycles. The van der Waals surface area contributed by atoms with Gasteiger partial charge in [-0.3, -0.25) is 24.6 Å². The number of imide groups is 1. The predicted molar refractivity (Wildman–Crippen MR) is 147 cm³/mol. The van der Waals surface area contributed by atoms with Gasteiger partial charge in [-0.1, -0.05) is 42.5 Å². The highest BCUT2D eigenvalue weighted by atomic mass is 19.1. The van der Waals surface area contributed by atoms with Crippen LogP contribution in [0.4, 0.5) is 4.39 Å². The van der Waals surface area contributed by atoms with Gasteiger partial charge in [-0.2, -0.15) is 0 Å². The highest BCUT2D eigenvalue weighted by Gasteiger charge is 2.40. The van der Waals surface area contributed by atoms with Gasteiger partial charge >= 0.3 is 0 Å². The van der Waals surface area contributed by atoms with E-state index in [4.69, 9.17) is 4.74 Å². The number of rotatable bonds is 7. The average molecular weight is 542 g/mol. The van der Waals surface area contributed by atoms with Gasteiger partial charge in [-0.25, -0.2) is 4.39 Å². The number of carbonyl (C=O) groups is 3. The minimum Gasteiger partial charge on any atom is -0.489 e. The van der Waals surface area contributed by atoms with Crippen LogP contribution in [-0.4, -0.2) is 46.7 Å². The lowest BCUT2D eigenvalue weighted by molar-refractivity contribution is -0.136. The van der Waals surface area contributed by atoms with Gasteiger partial charge in [0.15, 0.2) is 0 Å². The molecule has 8 heteroatoms. The number of benzene rings is 3. The fraction of sp³-hybridized carbons (Fsp3) is 0.344. The first-order valence-corrected chi connectivity index (χ1v) is 13.9. The van der Waals surface area contributed by atoms with Gasteiger partial charge in [0.1, 0.15) is 24.2 Å². The lowest BCUT2D eigenvalue weighted by Gasteiger charge is -2.32. The van der Waals surface area contributed by atoms with E-state index in [1.54, 1.807) is 24.3 Å². The van der Waals surface area contributed by atoms with Gasteiger partial charge in [0.2, 0.25) is 11.8 Å². The minimum atomic E-state index is -0.647. The van der Waals surface area contributed by atoms with E-state index in [1.807, 2.05) is 18.2 Å². The molecule has 1 N–H and O–H groups in total. The summed E-state index contributed by atoms with van der Waals surface area (Å²) in [4.78, 5) is 40.9. The molecule has 0 unspecified atom stereocenters. The molecule has 2 fully saturated rings. The Morgan fingerprint density at radius 3 is 2.33 bits per heavy atom. The molecule has 3 aliphatic heterocycles. The molecule has 3 amide bonds. The second-order valence-electron chi connectivity index (χ2n) is 10.9. The van der Waals surface area contributed by atoms with Crippen molar-refractivity contribution in [3.8, 4) is 5.75 Å². The lowest BCUT2D eigenvalue weighted by Crippen LogP contribution is -2.52. The largest absolute Gasteiger partial charge is 0.489 e. The molecule has 2 saturated heterocycles. The van der Waals surface area contributed by atoms with Crippen LogP contribution in [0.2, 0.25) is 0 Å². The first-order chi connectivity index (χ1) is 19.4. The Labute approximate surface area is 232 Å². The summed E-state index contributed by atoms with van der Waals surface area (Å²) in [5.41, 5.74) is 4.82. The van der Waals surface area contributed by atoms with Crippen molar-refractivity contribution in [2.45, 2.75) is 57.3 Å². The number of piperidine rings is 2. The Kier molecular flexibility index (Phi) is 7.34. The highest BCUT2D eigenvalue weighted by Crippen LogP contribution is 2.34. The molecular formula is C32H32FN3O4. The summed E-state index contributed by atoms with van der Waals surface area (Å²) in [6.45, 7) is 3.57. The van der Waals surface area contributed by atoms with Crippen molar-refractivity contribution in [3.05, 3.63) is 100 Å². The fourth-order valence-corrected chi connectivity index (χ4v) is 6.01. The van der Waals surface area contributed by atoms with Crippen LogP contribution in [0.15, 0.2) is 66.7 Å². The van der Waals surface area contributed by atoms with E-state index in [1.165, 1.54) is 16.0 Å². The number of carbonyl (C=O) groups excluding carboxylic acids is 3. The maximum atomic E-state index is 13.2.